The summed E-state index contributed by atoms with van der Waals surface area (Å²) in [6.45, 7) is 4.15. The summed E-state index contributed by atoms with van der Waals surface area (Å²) in [6.07, 6.45) is 2.22. The normalized spacial score (nSPS) is 13.6. The lowest BCUT2D eigenvalue weighted by molar-refractivity contribution is -0.137. The van der Waals surface area contributed by atoms with Gasteiger partial charge in [0.1, 0.15) is 6.33 Å². The summed E-state index contributed by atoms with van der Waals surface area (Å²) in [6, 6.07) is -0.556. The second kappa shape index (κ2) is 7.46. The van der Waals surface area contributed by atoms with Gasteiger partial charge in [0.15, 0.2) is 5.82 Å². The van der Waals surface area contributed by atoms with Crippen molar-refractivity contribution in [3.05, 3.63) is 12.2 Å². The minimum atomic E-state index is -0.822. The van der Waals surface area contributed by atoms with E-state index in [-0.39, 0.29) is 24.4 Å². The molecule has 1 aromatic heterocycles. The molecule has 0 saturated heterocycles. The van der Waals surface area contributed by atoms with Crippen LogP contribution >= 0.6 is 0 Å². The van der Waals surface area contributed by atoms with E-state index in [2.05, 4.69) is 20.8 Å². The fourth-order valence-corrected chi connectivity index (χ4v) is 1.74. The van der Waals surface area contributed by atoms with E-state index in [4.69, 9.17) is 5.11 Å². The molecule has 2 amide bonds. The third-order valence-corrected chi connectivity index (χ3v) is 2.94. The molecular weight excluding hydrogens is 262 g/mol. The number of aromatic nitrogens is 3. The quantitative estimate of drug-likeness (QED) is 0.681. The second-order valence-electron chi connectivity index (χ2n) is 4.91. The summed E-state index contributed by atoms with van der Waals surface area (Å²) >= 11 is 0. The van der Waals surface area contributed by atoms with E-state index in [1.165, 1.54) is 0 Å². The fourth-order valence-electron chi connectivity index (χ4n) is 1.74. The maximum absolute atomic E-state index is 11.7. The number of carboxylic acids is 1. The molecule has 0 bridgehead atoms. The van der Waals surface area contributed by atoms with Crippen LogP contribution in [-0.4, -0.2) is 38.4 Å². The summed E-state index contributed by atoms with van der Waals surface area (Å²) in [5, 5.41) is 21.7. The Kier molecular flexibility index (Phi) is 5.95. The summed E-state index contributed by atoms with van der Waals surface area (Å²) < 4.78 is 1.74. The number of hydrogen-bond donors (Lipinski definition) is 3. The number of carbonyl (C=O) groups is 2. The van der Waals surface area contributed by atoms with Gasteiger partial charge in [0.25, 0.3) is 0 Å². The van der Waals surface area contributed by atoms with Crippen molar-refractivity contribution in [1.29, 1.82) is 0 Å². The van der Waals surface area contributed by atoms with Crippen LogP contribution in [0.3, 0.4) is 0 Å². The SMILES string of the molecule is CC(CCC(=O)O)CNC(=O)NC(C)c1nncn1C. The topological polar surface area (TPSA) is 109 Å². The number of aliphatic carboxylic acids is 1. The zero-order valence-corrected chi connectivity index (χ0v) is 12.0. The standard InChI is InChI=1S/C12H21N5O3/c1-8(4-5-10(18)19)6-13-12(20)15-9(2)11-16-14-7-17(11)3/h7-9H,4-6H2,1-3H3,(H,18,19)(H2,13,15,20). The highest BCUT2D eigenvalue weighted by molar-refractivity contribution is 5.74. The summed E-state index contributed by atoms with van der Waals surface area (Å²) in [7, 11) is 1.80. The lowest BCUT2D eigenvalue weighted by Crippen LogP contribution is -2.39. The zero-order chi connectivity index (χ0) is 15.1. The number of amides is 2. The van der Waals surface area contributed by atoms with Crippen molar-refractivity contribution in [1.82, 2.24) is 25.4 Å². The van der Waals surface area contributed by atoms with Gasteiger partial charge in [-0.2, -0.15) is 0 Å². The van der Waals surface area contributed by atoms with Crippen LogP contribution in [0.15, 0.2) is 6.33 Å². The van der Waals surface area contributed by atoms with Crippen LogP contribution in [0.5, 0.6) is 0 Å². The Balaban J connectivity index is 2.30. The first kappa shape index (κ1) is 15.9. The number of carboxylic acid groups (broad SMARTS) is 1. The van der Waals surface area contributed by atoms with Gasteiger partial charge in [-0.3, -0.25) is 4.79 Å². The molecule has 0 saturated carbocycles. The number of aryl methyl sites for hydroxylation is 1. The van der Waals surface area contributed by atoms with Gasteiger partial charge in [-0.15, -0.1) is 10.2 Å². The first-order valence-electron chi connectivity index (χ1n) is 6.50. The molecule has 0 radical (unpaired) electrons. The van der Waals surface area contributed by atoms with Crippen molar-refractivity contribution in [3.63, 3.8) is 0 Å². The minimum Gasteiger partial charge on any atom is -0.481 e. The van der Waals surface area contributed by atoms with Crippen molar-refractivity contribution >= 4 is 12.0 Å². The lowest BCUT2D eigenvalue weighted by atomic mass is 10.1. The molecular formula is C12H21N5O3. The molecule has 112 valence electrons. The van der Waals surface area contributed by atoms with E-state index < -0.39 is 5.97 Å². The first-order valence-corrected chi connectivity index (χ1v) is 6.50. The average Bonchev–Trinajstić information content (AvgIpc) is 2.80. The van der Waals surface area contributed by atoms with Gasteiger partial charge in [0.2, 0.25) is 0 Å². The average molecular weight is 283 g/mol. The van der Waals surface area contributed by atoms with E-state index in [1.54, 1.807) is 17.9 Å². The summed E-state index contributed by atoms with van der Waals surface area (Å²) in [4.78, 5) is 22.1. The Morgan fingerprint density at radius 2 is 2.15 bits per heavy atom. The van der Waals surface area contributed by atoms with E-state index >= 15 is 0 Å². The van der Waals surface area contributed by atoms with Crippen molar-refractivity contribution in [2.24, 2.45) is 13.0 Å². The van der Waals surface area contributed by atoms with Crippen molar-refractivity contribution in [3.8, 4) is 0 Å². The highest BCUT2D eigenvalue weighted by Crippen LogP contribution is 2.07. The number of urea groups is 1. The zero-order valence-electron chi connectivity index (χ0n) is 12.0. The first-order chi connectivity index (χ1) is 9.40. The van der Waals surface area contributed by atoms with E-state index in [0.717, 1.165) is 0 Å². The Morgan fingerprint density at radius 3 is 2.70 bits per heavy atom. The van der Waals surface area contributed by atoms with E-state index in [9.17, 15) is 9.59 Å². The fraction of sp³-hybridized carbons (Fsp3) is 0.667. The molecule has 0 aliphatic rings. The van der Waals surface area contributed by atoms with Crippen molar-refractivity contribution in [2.75, 3.05) is 6.54 Å². The third kappa shape index (κ3) is 5.25. The van der Waals surface area contributed by atoms with E-state index in [0.29, 0.717) is 18.8 Å². The smallest absolute Gasteiger partial charge is 0.315 e. The molecule has 8 heteroatoms. The van der Waals surface area contributed by atoms with Gasteiger partial charge < -0.3 is 20.3 Å². The molecule has 3 N–H and O–H groups in total. The Bertz CT molecular complexity index is 460. The van der Waals surface area contributed by atoms with Crippen LogP contribution in [0.4, 0.5) is 4.79 Å². The number of rotatable bonds is 7. The number of nitrogens with one attached hydrogen (secondary N) is 2. The Hall–Kier alpha value is -2.12. The highest BCUT2D eigenvalue weighted by atomic mass is 16.4. The maximum Gasteiger partial charge on any atom is 0.315 e. The summed E-state index contributed by atoms with van der Waals surface area (Å²) in [5.74, 6) is -0.0433. The van der Waals surface area contributed by atoms with Crippen molar-refractivity contribution < 1.29 is 14.7 Å². The second-order valence-corrected chi connectivity index (χ2v) is 4.91. The molecule has 20 heavy (non-hydrogen) atoms. The highest BCUT2D eigenvalue weighted by Gasteiger charge is 2.14. The molecule has 0 aliphatic carbocycles. The maximum atomic E-state index is 11.7. The molecule has 2 unspecified atom stereocenters. The largest absolute Gasteiger partial charge is 0.481 e. The lowest BCUT2D eigenvalue weighted by Gasteiger charge is -2.16. The number of nitrogens with zero attached hydrogens (tertiary/aromatic N) is 3. The number of carbonyl (C=O) groups excluding carboxylic acids is 1. The molecule has 0 aromatic carbocycles. The van der Waals surface area contributed by atoms with Gasteiger partial charge in [-0.25, -0.2) is 4.79 Å². The van der Waals surface area contributed by atoms with E-state index in [1.807, 2.05) is 13.8 Å². The van der Waals surface area contributed by atoms with Gasteiger partial charge in [0.05, 0.1) is 6.04 Å². The number of hydrogen-bond acceptors (Lipinski definition) is 4. The molecule has 0 spiro atoms. The predicted molar refractivity (Wildman–Crippen MR) is 72.0 cm³/mol. The third-order valence-electron chi connectivity index (χ3n) is 2.94. The Morgan fingerprint density at radius 1 is 1.45 bits per heavy atom. The molecule has 0 fully saturated rings. The predicted octanol–water partition coefficient (Wildman–Crippen LogP) is 0.676. The summed E-state index contributed by atoms with van der Waals surface area (Å²) in [5.41, 5.74) is 0. The molecule has 2 atom stereocenters. The van der Waals surface area contributed by atoms with Crippen LogP contribution in [0.2, 0.25) is 0 Å². The molecule has 1 heterocycles. The van der Waals surface area contributed by atoms with Gasteiger partial charge in [0, 0.05) is 20.0 Å². The molecule has 1 rings (SSSR count). The minimum absolute atomic E-state index is 0.111. The van der Waals surface area contributed by atoms with Gasteiger partial charge >= 0.3 is 12.0 Å². The molecule has 1 aromatic rings. The van der Waals surface area contributed by atoms with Crippen LogP contribution in [0.25, 0.3) is 0 Å². The molecule has 8 nitrogen and oxygen atoms in total. The van der Waals surface area contributed by atoms with Gasteiger partial charge in [-0.05, 0) is 19.3 Å². The van der Waals surface area contributed by atoms with Crippen LogP contribution in [-0.2, 0) is 11.8 Å². The van der Waals surface area contributed by atoms with Crippen LogP contribution in [0.1, 0.15) is 38.6 Å². The van der Waals surface area contributed by atoms with Crippen molar-refractivity contribution in [2.45, 2.75) is 32.7 Å². The Labute approximate surface area is 117 Å². The van der Waals surface area contributed by atoms with Gasteiger partial charge in [-0.1, -0.05) is 6.92 Å². The monoisotopic (exact) mass is 283 g/mol. The van der Waals surface area contributed by atoms with Crippen LogP contribution < -0.4 is 10.6 Å². The van der Waals surface area contributed by atoms with Crippen LogP contribution in [0, 0.1) is 5.92 Å². The molecule has 0 aliphatic heterocycles.